The lowest BCUT2D eigenvalue weighted by atomic mass is 10.1. The lowest BCUT2D eigenvalue weighted by molar-refractivity contribution is -0.159. The van der Waals surface area contributed by atoms with Crippen molar-refractivity contribution in [3.05, 3.63) is 0 Å². The molecule has 0 saturated carbocycles. The van der Waals surface area contributed by atoms with Crippen LogP contribution in [0.25, 0.3) is 0 Å². The molecule has 0 radical (unpaired) electrons. The number of aliphatic hydroxyl groups is 1. The molecular formula is C11H23NO4. The minimum absolute atomic E-state index is 0.112. The van der Waals surface area contributed by atoms with E-state index < -0.39 is 11.6 Å². The van der Waals surface area contributed by atoms with Gasteiger partial charge in [-0.15, -0.1) is 0 Å². The molecule has 2 atom stereocenters. The van der Waals surface area contributed by atoms with Gasteiger partial charge in [0.1, 0.15) is 0 Å². The minimum atomic E-state index is -1.71. The van der Waals surface area contributed by atoms with E-state index in [4.69, 9.17) is 9.84 Å². The topological polar surface area (TPSA) is 70.0 Å². The van der Waals surface area contributed by atoms with Gasteiger partial charge in [-0.3, -0.25) is 4.90 Å². The first-order valence-electron chi connectivity index (χ1n) is 5.54. The first kappa shape index (κ1) is 15.3. The third-order valence-electron chi connectivity index (χ3n) is 2.77. The Balaban J connectivity index is 4.46. The number of ether oxygens (including phenoxy) is 1. The highest BCUT2D eigenvalue weighted by molar-refractivity contribution is 5.76. The van der Waals surface area contributed by atoms with Gasteiger partial charge in [0.15, 0.2) is 5.60 Å². The van der Waals surface area contributed by atoms with E-state index >= 15 is 0 Å². The molecule has 0 saturated heterocycles. The molecule has 0 bridgehead atoms. The smallest absolute Gasteiger partial charge is 0.336 e. The largest absolute Gasteiger partial charge is 0.479 e. The Hall–Kier alpha value is -0.650. The summed E-state index contributed by atoms with van der Waals surface area (Å²) in [4.78, 5) is 12.8. The maximum Gasteiger partial charge on any atom is 0.336 e. The van der Waals surface area contributed by atoms with Crippen molar-refractivity contribution < 1.29 is 19.7 Å². The lowest BCUT2D eigenvalue weighted by Gasteiger charge is -2.32. The van der Waals surface area contributed by atoms with E-state index in [0.29, 0.717) is 13.2 Å². The number of hydrogen-bond acceptors (Lipinski definition) is 4. The number of hydrogen-bond donors (Lipinski definition) is 2. The number of carboxylic acids is 1. The Bertz CT molecular complexity index is 218. The summed E-state index contributed by atoms with van der Waals surface area (Å²) in [5.74, 6) is -1.20. The van der Waals surface area contributed by atoms with Crippen molar-refractivity contribution in [2.24, 2.45) is 0 Å². The molecule has 0 aromatic rings. The molecule has 0 fully saturated rings. The second-order valence-electron chi connectivity index (χ2n) is 4.30. The summed E-state index contributed by atoms with van der Waals surface area (Å²) < 4.78 is 4.97. The summed E-state index contributed by atoms with van der Waals surface area (Å²) in [7, 11) is 1.60. The summed E-state index contributed by atoms with van der Waals surface area (Å²) >= 11 is 0. The SMILES string of the molecule is CCC(C)N(CCOC)CC(C)(O)C(=O)O. The summed E-state index contributed by atoms with van der Waals surface area (Å²) in [6, 6.07) is 0.223. The van der Waals surface area contributed by atoms with Gasteiger partial charge in [0.2, 0.25) is 0 Å². The van der Waals surface area contributed by atoms with Gasteiger partial charge in [-0.25, -0.2) is 4.79 Å². The van der Waals surface area contributed by atoms with Crippen LogP contribution in [0.5, 0.6) is 0 Å². The maximum atomic E-state index is 10.8. The quantitative estimate of drug-likeness (QED) is 0.641. The van der Waals surface area contributed by atoms with Crippen LogP contribution in [0.3, 0.4) is 0 Å². The van der Waals surface area contributed by atoms with Crippen LogP contribution in [0.2, 0.25) is 0 Å². The van der Waals surface area contributed by atoms with Crippen LogP contribution < -0.4 is 0 Å². The Kier molecular flexibility index (Phi) is 6.55. The van der Waals surface area contributed by atoms with Gasteiger partial charge in [-0.1, -0.05) is 6.92 Å². The predicted octanol–water partition coefficient (Wildman–Crippen LogP) is 0.569. The molecule has 0 heterocycles. The molecule has 96 valence electrons. The van der Waals surface area contributed by atoms with Crippen molar-refractivity contribution in [3.63, 3.8) is 0 Å². The number of aliphatic carboxylic acids is 1. The maximum absolute atomic E-state index is 10.8. The van der Waals surface area contributed by atoms with E-state index in [1.54, 1.807) is 7.11 Å². The molecule has 2 N–H and O–H groups in total. The number of carbonyl (C=O) groups is 1. The molecule has 0 aliphatic carbocycles. The van der Waals surface area contributed by atoms with Gasteiger partial charge in [0.05, 0.1) is 6.61 Å². The average molecular weight is 233 g/mol. The van der Waals surface area contributed by atoms with E-state index in [-0.39, 0.29) is 12.6 Å². The van der Waals surface area contributed by atoms with Gasteiger partial charge >= 0.3 is 5.97 Å². The molecule has 2 unspecified atom stereocenters. The molecule has 0 rings (SSSR count). The molecule has 5 heteroatoms. The standard InChI is InChI=1S/C11H23NO4/c1-5-9(2)12(6-7-16-4)8-11(3,15)10(13)14/h9,15H,5-8H2,1-4H3,(H,13,14). The molecule has 16 heavy (non-hydrogen) atoms. The van der Waals surface area contributed by atoms with Gasteiger partial charge in [0.25, 0.3) is 0 Å². The van der Waals surface area contributed by atoms with Gasteiger partial charge in [0, 0.05) is 26.2 Å². The van der Waals surface area contributed by atoms with Crippen LogP contribution in [0.15, 0.2) is 0 Å². The van der Waals surface area contributed by atoms with Crippen LogP contribution >= 0.6 is 0 Å². The van der Waals surface area contributed by atoms with Gasteiger partial charge < -0.3 is 14.9 Å². The number of methoxy groups -OCH3 is 1. The molecule has 0 aliphatic rings. The summed E-state index contributed by atoms with van der Waals surface area (Å²) in [5, 5.41) is 18.6. The zero-order valence-electron chi connectivity index (χ0n) is 10.6. The highest BCUT2D eigenvalue weighted by Crippen LogP contribution is 2.11. The molecule has 0 aliphatic heterocycles. The summed E-state index contributed by atoms with van der Waals surface area (Å²) in [5.41, 5.74) is -1.71. The second kappa shape index (κ2) is 6.83. The van der Waals surface area contributed by atoms with E-state index in [2.05, 4.69) is 0 Å². The van der Waals surface area contributed by atoms with E-state index in [1.807, 2.05) is 18.7 Å². The van der Waals surface area contributed by atoms with Crippen molar-refractivity contribution in [2.75, 3.05) is 26.8 Å². The monoisotopic (exact) mass is 233 g/mol. The van der Waals surface area contributed by atoms with Gasteiger partial charge in [-0.05, 0) is 20.3 Å². The Morgan fingerprint density at radius 3 is 2.50 bits per heavy atom. The van der Waals surface area contributed by atoms with Crippen LogP contribution in [-0.2, 0) is 9.53 Å². The van der Waals surface area contributed by atoms with E-state index in [9.17, 15) is 9.90 Å². The fourth-order valence-corrected chi connectivity index (χ4v) is 1.39. The Morgan fingerprint density at radius 2 is 2.12 bits per heavy atom. The third-order valence-corrected chi connectivity index (χ3v) is 2.77. The van der Waals surface area contributed by atoms with Crippen LogP contribution in [0, 0.1) is 0 Å². The molecule has 0 aromatic heterocycles. The highest BCUT2D eigenvalue weighted by Gasteiger charge is 2.33. The first-order valence-corrected chi connectivity index (χ1v) is 5.54. The molecule has 0 aromatic carbocycles. The first-order chi connectivity index (χ1) is 7.35. The fraction of sp³-hybridized carbons (Fsp3) is 0.909. The van der Waals surface area contributed by atoms with Crippen molar-refractivity contribution in [3.8, 4) is 0 Å². The number of rotatable bonds is 8. The average Bonchev–Trinajstić information content (AvgIpc) is 2.22. The van der Waals surface area contributed by atoms with Crippen LogP contribution in [0.1, 0.15) is 27.2 Å². The Labute approximate surface area is 97.0 Å². The van der Waals surface area contributed by atoms with Crippen molar-refractivity contribution in [1.82, 2.24) is 4.90 Å². The number of carboxylic acid groups (broad SMARTS) is 1. The molecular weight excluding hydrogens is 210 g/mol. The predicted molar refractivity (Wildman–Crippen MR) is 61.5 cm³/mol. The van der Waals surface area contributed by atoms with Crippen molar-refractivity contribution in [2.45, 2.75) is 38.8 Å². The third kappa shape index (κ3) is 4.92. The number of nitrogens with zero attached hydrogens (tertiary/aromatic N) is 1. The fourth-order valence-electron chi connectivity index (χ4n) is 1.39. The molecule has 5 nitrogen and oxygen atoms in total. The summed E-state index contributed by atoms with van der Waals surface area (Å²) in [6.07, 6.45) is 0.902. The molecule has 0 spiro atoms. The molecule has 0 amide bonds. The van der Waals surface area contributed by atoms with Gasteiger partial charge in [-0.2, -0.15) is 0 Å². The Morgan fingerprint density at radius 1 is 1.56 bits per heavy atom. The normalized spacial score (nSPS) is 17.1. The van der Waals surface area contributed by atoms with Crippen LogP contribution in [0.4, 0.5) is 0 Å². The van der Waals surface area contributed by atoms with E-state index in [1.165, 1.54) is 6.92 Å². The van der Waals surface area contributed by atoms with Crippen molar-refractivity contribution in [1.29, 1.82) is 0 Å². The highest BCUT2D eigenvalue weighted by atomic mass is 16.5. The van der Waals surface area contributed by atoms with Crippen LogP contribution in [-0.4, -0.2) is 59.5 Å². The zero-order chi connectivity index (χ0) is 12.8. The zero-order valence-corrected chi connectivity index (χ0v) is 10.6. The minimum Gasteiger partial charge on any atom is -0.479 e. The van der Waals surface area contributed by atoms with Crippen molar-refractivity contribution >= 4 is 5.97 Å². The lowest BCUT2D eigenvalue weighted by Crippen LogP contribution is -2.50. The van der Waals surface area contributed by atoms with E-state index in [0.717, 1.165) is 6.42 Å². The second-order valence-corrected chi connectivity index (χ2v) is 4.30. The summed E-state index contributed by atoms with van der Waals surface area (Å²) in [6.45, 7) is 6.61.